The maximum absolute atomic E-state index is 13.5. The van der Waals surface area contributed by atoms with Crippen molar-refractivity contribution in [1.29, 1.82) is 0 Å². The number of rotatable bonds is 3. The van der Waals surface area contributed by atoms with Crippen molar-refractivity contribution in [3.8, 4) is 28.4 Å². The van der Waals surface area contributed by atoms with Gasteiger partial charge in [0.05, 0.1) is 39.0 Å². The second-order valence-corrected chi connectivity index (χ2v) is 11.9. The number of pyridine rings is 1. The van der Waals surface area contributed by atoms with Gasteiger partial charge in [0.2, 0.25) is 5.91 Å². The van der Waals surface area contributed by atoms with Crippen LogP contribution >= 0.6 is 0 Å². The highest BCUT2D eigenvalue weighted by Gasteiger charge is 2.31. The normalized spacial score (nSPS) is 18.9. The SMILES string of the molecule is COc1ccc2cc1-c1cc3c(c(c1)OCCCN(C(=O)c1ccc(F)cn1)CCCCNC2=O)OCCN(C(=O)C1CCOC1)C3. The third-order valence-electron chi connectivity index (χ3n) is 8.67. The van der Waals surface area contributed by atoms with E-state index in [1.54, 1.807) is 30.2 Å². The molecule has 1 unspecified atom stereocenters. The third kappa shape index (κ3) is 7.48. The predicted molar refractivity (Wildman–Crippen MR) is 170 cm³/mol. The van der Waals surface area contributed by atoms with E-state index < -0.39 is 5.82 Å². The van der Waals surface area contributed by atoms with Gasteiger partial charge in [-0.05, 0) is 73.7 Å². The molecule has 0 saturated carbocycles. The molecule has 1 N–H and O–H groups in total. The van der Waals surface area contributed by atoms with E-state index in [1.807, 2.05) is 17.0 Å². The molecule has 1 atom stereocenters. The highest BCUT2D eigenvalue weighted by atomic mass is 19.1. The molecule has 1 saturated heterocycles. The number of carbonyl (C=O) groups excluding carboxylic acids is 3. The van der Waals surface area contributed by atoms with Crippen molar-refractivity contribution >= 4 is 17.7 Å². The van der Waals surface area contributed by atoms with E-state index in [9.17, 15) is 18.8 Å². The molecule has 12 heteroatoms. The zero-order valence-corrected chi connectivity index (χ0v) is 26.5. The fraction of sp³-hybridized carbons (Fsp3) is 0.429. The van der Waals surface area contributed by atoms with Crippen LogP contribution in [0.5, 0.6) is 17.2 Å². The zero-order valence-electron chi connectivity index (χ0n) is 26.5. The van der Waals surface area contributed by atoms with E-state index in [0.717, 1.165) is 17.3 Å². The minimum absolute atomic E-state index is 0.0361. The van der Waals surface area contributed by atoms with E-state index in [1.165, 1.54) is 12.1 Å². The summed E-state index contributed by atoms with van der Waals surface area (Å²) in [6.07, 6.45) is 3.53. The monoisotopic (exact) mass is 646 g/mol. The van der Waals surface area contributed by atoms with Gasteiger partial charge in [-0.2, -0.15) is 0 Å². The summed E-state index contributed by atoms with van der Waals surface area (Å²) in [5, 5.41) is 2.98. The first-order valence-corrected chi connectivity index (χ1v) is 16.1. The summed E-state index contributed by atoms with van der Waals surface area (Å²) >= 11 is 0. The van der Waals surface area contributed by atoms with Crippen LogP contribution in [-0.2, 0) is 16.1 Å². The van der Waals surface area contributed by atoms with Crippen molar-refractivity contribution in [1.82, 2.24) is 20.1 Å². The van der Waals surface area contributed by atoms with Crippen molar-refractivity contribution in [2.75, 3.05) is 59.7 Å². The van der Waals surface area contributed by atoms with Crippen LogP contribution in [0.2, 0.25) is 0 Å². The van der Waals surface area contributed by atoms with Gasteiger partial charge in [0.1, 0.15) is 23.9 Å². The van der Waals surface area contributed by atoms with E-state index in [4.69, 9.17) is 18.9 Å². The number of methoxy groups -OCH3 is 1. The smallest absolute Gasteiger partial charge is 0.272 e. The molecule has 2 aromatic carbocycles. The van der Waals surface area contributed by atoms with Crippen LogP contribution in [0.3, 0.4) is 0 Å². The van der Waals surface area contributed by atoms with Gasteiger partial charge in [0, 0.05) is 49.5 Å². The number of halogens is 1. The van der Waals surface area contributed by atoms with Crippen LogP contribution in [0.1, 0.15) is 52.1 Å². The molecule has 11 nitrogen and oxygen atoms in total. The van der Waals surface area contributed by atoms with Gasteiger partial charge in [0.15, 0.2) is 11.5 Å². The largest absolute Gasteiger partial charge is 0.496 e. The molecule has 248 valence electrons. The average Bonchev–Trinajstić information content (AvgIpc) is 3.54. The molecular weight excluding hydrogens is 607 g/mol. The Kier molecular flexibility index (Phi) is 10.2. The lowest BCUT2D eigenvalue weighted by atomic mass is 9.98. The van der Waals surface area contributed by atoms with E-state index in [2.05, 4.69) is 10.3 Å². The molecule has 0 radical (unpaired) electrons. The maximum atomic E-state index is 13.5. The molecule has 6 rings (SSSR count). The van der Waals surface area contributed by atoms with E-state index >= 15 is 0 Å². The molecule has 3 aliphatic rings. The molecular formula is C35H39FN4O7. The number of carbonyl (C=O) groups is 3. The Hall–Kier alpha value is -4.71. The van der Waals surface area contributed by atoms with Crippen LogP contribution in [0.4, 0.5) is 4.39 Å². The second kappa shape index (κ2) is 14.8. The summed E-state index contributed by atoms with van der Waals surface area (Å²) in [5.41, 5.74) is 2.85. The Bertz CT molecular complexity index is 1610. The molecule has 3 aromatic rings. The molecule has 0 spiro atoms. The van der Waals surface area contributed by atoms with Crippen LogP contribution in [0.25, 0.3) is 11.1 Å². The third-order valence-corrected chi connectivity index (χ3v) is 8.67. The highest BCUT2D eigenvalue weighted by Crippen LogP contribution is 2.41. The van der Waals surface area contributed by atoms with Gasteiger partial charge in [-0.3, -0.25) is 14.4 Å². The van der Waals surface area contributed by atoms with Gasteiger partial charge < -0.3 is 34.1 Å². The Balaban J connectivity index is 1.33. The zero-order chi connectivity index (χ0) is 32.8. The molecule has 4 heterocycles. The van der Waals surface area contributed by atoms with Gasteiger partial charge in [-0.15, -0.1) is 0 Å². The van der Waals surface area contributed by atoms with Gasteiger partial charge in [-0.1, -0.05) is 0 Å². The molecule has 4 bridgehead atoms. The Morgan fingerprint density at radius 3 is 2.62 bits per heavy atom. The first-order chi connectivity index (χ1) is 22.9. The number of hydrogen-bond donors (Lipinski definition) is 1. The summed E-state index contributed by atoms with van der Waals surface area (Å²) in [4.78, 5) is 47.4. The number of hydrogen-bond acceptors (Lipinski definition) is 8. The second-order valence-electron chi connectivity index (χ2n) is 11.9. The van der Waals surface area contributed by atoms with Crippen molar-refractivity contribution in [2.24, 2.45) is 5.92 Å². The number of amides is 3. The summed E-state index contributed by atoms with van der Waals surface area (Å²) in [7, 11) is 1.58. The quantitative estimate of drug-likeness (QED) is 0.452. The molecule has 0 aliphatic carbocycles. The van der Waals surface area contributed by atoms with Gasteiger partial charge >= 0.3 is 0 Å². The summed E-state index contributed by atoms with van der Waals surface area (Å²) < 4.78 is 37.3. The topological polar surface area (TPSA) is 120 Å². The fourth-order valence-electron chi connectivity index (χ4n) is 6.15. The van der Waals surface area contributed by atoms with Crippen LogP contribution in [-0.4, -0.2) is 92.2 Å². The molecule has 1 fully saturated rings. The summed E-state index contributed by atoms with van der Waals surface area (Å²) in [6.45, 7) is 3.56. The van der Waals surface area contributed by atoms with Gasteiger partial charge in [-0.25, -0.2) is 9.37 Å². The summed E-state index contributed by atoms with van der Waals surface area (Å²) in [6, 6.07) is 11.7. The minimum Gasteiger partial charge on any atom is -0.496 e. The minimum atomic E-state index is -0.513. The number of ether oxygens (including phenoxy) is 4. The summed E-state index contributed by atoms with van der Waals surface area (Å²) in [5.74, 6) is 0.452. The van der Waals surface area contributed by atoms with E-state index in [0.29, 0.717) is 107 Å². The molecule has 47 heavy (non-hydrogen) atoms. The first-order valence-electron chi connectivity index (χ1n) is 16.1. The number of nitrogens with one attached hydrogen (secondary N) is 1. The Morgan fingerprint density at radius 1 is 0.957 bits per heavy atom. The molecule has 3 aliphatic heterocycles. The number of aromatic nitrogens is 1. The van der Waals surface area contributed by atoms with Crippen LogP contribution in [0, 0.1) is 11.7 Å². The predicted octanol–water partition coefficient (Wildman–Crippen LogP) is 4.09. The standard InChI is InChI=1S/C35H39FN4O7/c1-44-30-8-5-23-18-28(30)25-17-26-21-40(34(42)24-9-15-45-22-24)13-16-47-32(26)31(19-25)46-14-4-12-39(11-3-2-10-37-33(23)41)35(43)29-7-6-27(36)20-38-29/h5-8,17-20,24H,2-4,9-16,21-22H2,1H3,(H,37,41). The van der Waals surface area contributed by atoms with Crippen molar-refractivity contribution in [3.63, 3.8) is 0 Å². The van der Waals surface area contributed by atoms with Crippen molar-refractivity contribution in [3.05, 3.63) is 71.3 Å². The first kappa shape index (κ1) is 32.2. The number of benzene rings is 2. The number of nitrogens with zero attached hydrogens (tertiary/aromatic N) is 3. The molecule has 3 amide bonds. The fourth-order valence-corrected chi connectivity index (χ4v) is 6.15. The van der Waals surface area contributed by atoms with Crippen LogP contribution in [0.15, 0.2) is 48.7 Å². The lowest BCUT2D eigenvalue weighted by molar-refractivity contribution is -0.136. The average molecular weight is 647 g/mol. The maximum Gasteiger partial charge on any atom is 0.272 e. The molecule has 1 aromatic heterocycles. The van der Waals surface area contributed by atoms with E-state index in [-0.39, 0.29) is 35.9 Å². The number of fused-ring (bicyclic) bond motifs is 7. The van der Waals surface area contributed by atoms with Crippen LogP contribution < -0.4 is 19.5 Å². The van der Waals surface area contributed by atoms with Crippen molar-refractivity contribution < 1.29 is 37.7 Å². The highest BCUT2D eigenvalue weighted by molar-refractivity contribution is 5.96. The lowest BCUT2D eigenvalue weighted by Gasteiger charge is -2.23. The van der Waals surface area contributed by atoms with Crippen molar-refractivity contribution in [2.45, 2.75) is 32.2 Å². The lowest BCUT2D eigenvalue weighted by Crippen LogP contribution is -2.37. The van der Waals surface area contributed by atoms with Gasteiger partial charge in [0.25, 0.3) is 11.8 Å². The Labute approximate surface area is 272 Å². The Morgan fingerprint density at radius 2 is 1.83 bits per heavy atom.